The van der Waals surface area contributed by atoms with Crippen LogP contribution in [0.5, 0.6) is 0 Å². The van der Waals surface area contributed by atoms with Crippen LogP contribution < -0.4 is 0 Å². The average molecular weight is 319 g/mol. The van der Waals surface area contributed by atoms with Crippen molar-refractivity contribution in [2.24, 2.45) is 40.4 Å². The zero-order chi connectivity index (χ0) is 16.6. The Morgan fingerprint density at radius 1 is 0.913 bits per heavy atom. The summed E-state index contributed by atoms with van der Waals surface area (Å²) in [7, 11) is 0. The van der Waals surface area contributed by atoms with Crippen molar-refractivity contribution < 1.29 is 9.90 Å². The van der Waals surface area contributed by atoms with Gasteiger partial charge in [-0.25, -0.2) is 0 Å². The van der Waals surface area contributed by atoms with E-state index in [9.17, 15) is 9.90 Å². The third kappa shape index (κ3) is 1.94. The quantitative estimate of drug-likeness (QED) is 0.709. The van der Waals surface area contributed by atoms with Gasteiger partial charge in [0.2, 0.25) is 0 Å². The van der Waals surface area contributed by atoms with Crippen LogP contribution >= 0.6 is 0 Å². The minimum atomic E-state index is -0.476. The lowest BCUT2D eigenvalue weighted by Gasteiger charge is -2.61. The highest BCUT2D eigenvalue weighted by Crippen LogP contribution is 2.68. The molecule has 0 radical (unpaired) electrons. The Balaban J connectivity index is 1.66. The molecular formula is C21H34O2. The molecular weight excluding hydrogens is 284 g/mol. The molecule has 0 spiro atoms. The SMILES string of the molecule is C[C@@H]1C(=O)CC[C@]2(C)[C@H]3CC[C@@]4(C)[C@@H](CC[C@]4(C)O)[C@@H]3CC[C@@H]12. The molecule has 0 amide bonds. The molecule has 4 aliphatic rings. The number of carbonyl (C=O) groups is 1. The van der Waals surface area contributed by atoms with Crippen LogP contribution in [0.4, 0.5) is 0 Å². The van der Waals surface area contributed by atoms with E-state index in [1.807, 2.05) is 0 Å². The number of hydrogen-bond donors (Lipinski definition) is 1. The van der Waals surface area contributed by atoms with Gasteiger partial charge in [-0.3, -0.25) is 4.79 Å². The highest BCUT2D eigenvalue weighted by atomic mass is 16.3. The maximum atomic E-state index is 12.2. The number of rotatable bonds is 0. The maximum absolute atomic E-state index is 12.2. The molecule has 4 fully saturated rings. The van der Waals surface area contributed by atoms with E-state index in [1.54, 1.807) is 0 Å². The predicted molar refractivity (Wildman–Crippen MR) is 91.9 cm³/mol. The summed E-state index contributed by atoms with van der Waals surface area (Å²) < 4.78 is 0. The molecule has 1 N–H and O–H groups in total. The van der Waals surface area contributed by atoms with E-state index < -0.39 is 5.60 Å². The van der Waals surface area contributed by atoms with Gasteiger partial charge in [-0.05, 0) is 86.4 Å². The van der Waals surface area contributed by atoms with Crippen molar-refractivity contribution in [3.63, 3.8) is 0 Å². The molecule has 0 heterocycles. The molecule has 0 aliphatic heterocycles. The molecule has 0 unspecified atom stereocenters. The summed E-state index contributed by atoms with van der Waals surface area (Å²) in [5.41, 5.74) is 0.00962. The van der Waals surface area contributed by atoms with E-state index in [-0.39, 0.29) is 11.3 Å². The zero-order valence-corrected chi connectivity index (χ0v) is 15.4. The summed E-state index contributed by atoms with van der Waals surface area (Å²) >= 11 is 0. The fourth-order valence-corrected chi connectivity index (χ4v) is 7.77. The minimum Gasteiger partial charge on any atom is -0.390 e. The largest absolute Gasteiger partial charge is 0.390 e. The molecule has 130 valence electrons. The number of aliphatic hydroxyl groups is 1. The van der Waals surface area contributed by atoms with Crippen molar-refractivity contribution in [3.8, 4) is 0 Å². The van der Waals surface area contributed by atoms with Gasteiger partial charge in [0.15, 0.2) is 0 Å². The maximum Gasteiger partial charge on any atom is 0.136 e. The standard InChI is InChI=1S/C21H34O2/c1-13-15-6-5-14-16(19(15,2)10-9-18(13)22)7-11-20(3)17(14)8-12-21(20,4)23/h13-17,23H,5-12H2,1-4H3/t13-,14+,15-,16-,17-,19-,20-,21-/m0/s1. The van der Waals surface area contributed by atoms with Gasteiger partial charge >= 0.3 is 0 Å². The van der Waals surface area contributed by atoms with Crippen molar-refractivity contribution in [2.75, 3.05) is 0 Å². The highest BCUT2D eigenvalue weighted by molar-refractivity contribution is 5.82. The van der Waals surface area contributed by atoms with Crippen molar-refractivity contribution in [1.82, 2.24) is 0 Å². The van der Waals surface area contributed by atoms with Gasteiger partial charge in [-0.15, -0.1) is 0 Å². The number of ketones is 1. The third-order valence-electron chi connectivity index (χ3n) is 9.53. The first-order valence-electron chi connectivity index (χ1n) is 9.96. The summed E-state index contributed by atoms with van der Waals surface area (Å²) in [6.07, 6.45) is 9.07. The van der Waals surface area contributed by atoms with Crippen LogP contribution in [0.25, 0.3) is 0 Å². The van der Waals surface area contributed by atoms with E-state index >= 15 is 0 Å². The van der Waals surface area contributed by atoms with E-state index in [2.05, 4.69) is 27.7 Å². The third-order valence-corrected chi connectivity index (χ3v) is 9.53. The Morgan fingerprint density at radius 3 is 2.35 bits per heavy atom. The van der Waals surface area contributed by atoms with Crippen LogP contribution in [0.1, 0.15) is 79.1 Å². The number of fused-ring (bicyclic) bond motifs is 5. The van der Waals surface area contributed by atoms with Crippen LogP contribution in [-0.4, -0.2) is 16.5 Å². The summed E-state index contributed by atoms with van der Waals surface area (Å²) in [5, 5.41) is 11.0. The molecule has 23 heavy (non-hydrogen) atoms. The molecule has 0 saturated heterocycles. The summed E-state index contributed by atoms with van der Waals surface area (Å²) in [4.78, 5) is 12.2. The van der Waals surface area contributed by atoms with Crippen LogP contribution in [0.3, 0.4) is 0 Å². The number of hydrogen-bond acceptors (Lipinski definition) is 2. The van der Waals surface area contributed by atoms with Gasteiger partial charge in [-0.1, -0.05) is 20.8 Å². The van der Waals surface area contributed by atoms with Gasteiger partial charge in [0.1, 0.15) is 5.78 Å². The molecule has 0 bridgehead atoms. The normalized spacial score (nSPS) is 59.2. The van der Waals surface area contributed by atoms with Crippen LogP contribution in [0, 0.1) is 40.4 Å². The number of carbonyl (C=O) groups excluding carboxylic acids is 1. The summed E-state index contributed by atoms with van der Waals surface area (Å²) in [6.45, 7) is 9.15. The Hall–Kier alpha value is -0.370. The van der Waals surface area contributed by atoms with Gasteiger partial charge in [0, 0.05) is 12.3 Å². The number of Topliss-reactive ketones (excluding diaryl/α,β-unsaturated/α-hetero) is 1. The molecule has 2 nitrogen and oxygen atoms in total. The summed E-state index contributed by atoms with van der Waals surface area (Å²) in [6, 6.07) is 0. The predicted octanol–water partition coefficient (Wildman–Crippen LogP) is 4.60. The topological polar surface area (TPSA) is 37.3 Å². The average Bonchev–Trinajstić information content (AvgIpc) is 2.74. The molecule has 0 aromatic carbocycles. The minimum absolute atomic E-state index is 0.119. The lowest BCUT2D eigenvalue weighted by molar-refractivity contribution is -0.161. The summed E-state index contributed by atoms with van der Waals surface area (Å²) in [5.74, 6) is 3.65. The molecule has 4 aliphatic carbocycles. The first-order valence-corrected chi connectivity index (χ1v) is 9.96. The Labute approximate surface area is 141 Å². The van der Waals surface area contributed by atoms with Crippen molar-refractivity contribution >= 4 is 5.78 Å². The van der Waals surface area contributed by atoms with Gasteiger partial charge < -0.3 is 5.11 Å². The van der Waals surface area contributed by atoms with Crippen LogP contribution in [-0.2, 0) is 4.79 Å². The first kappa shape index (κ1) is 16.1. The van der Waals surface area contributed by atoms with Crippen molar-refractivity contribution in [2.45, 2.75) is 84.7 Å². The van der Waals surface area contributed by atoms with Gasteiger partial charge in [0.25, 0.3) is 0 Å². The van der Waals surface area contributed by atoms with E-state index in [0.29, 0.717) is 23.0 Å². The fraction of sp³-hybridized carbons (Fsp3) is 0.952. The van der Waals surface area contributed by atoms with Crippen LogP contribution in [0.2, 0.25) is 0 Å². The monoisotopic (exact) mass is 318 g/mol. The van der Waals surface area contributed by atoms with E-state index in [4.69, 9.17) is 0 Å². The lowest BCUT2D eigenvalue weighted by Crippen LogP contribution is -2.57. The molecule has 4 saturated carbocycles. The van der Waals surface area contributed by atoms with Crippen LogP contribution in [0.15, 0.2) is 0 Å². The van der Waals surface area contributed by atoms with E-state index in [1.165, 1.54) is 32.1 Å². The second-order valence-corrected chi connectivity index (χ2v) is 10.1. The second kappa shape index (κ2) is 4.84. The molecule has 0 aromatic heterocycles. The van der Waals surface area contributed by atoms with Crippen molar-refractivity contribution in [3.05, 3.63) is 0 Å². The molecule has 2 heteroatoms. The highest BCUT2D eigenvalue weighted by Gasteiger charge is 2.63. The Kier molecular flexibility index (Phi) is 3.39. The Bertz CT molecular complexity index is 524. The van der Waals surface area contributed by atoms with Gasteiger partial charge in [0.05, 0.1) is 5.60 Å². The zero-order valence-electron chi connectivity index (χ0n) is 15.4. The molecule has 0 aromatic rings. The smallest absolute Gasteiger partial charge is 0.136 e. The molecule has 4 rings (SSSR count). The van der Waals surface area contributed by atoms with E-state index in [0.717, 1.165) is 31.1 Å². The lowest BCUT2D eigenvalue weighted by atomic mass is 9.43. The Morgan fingerprint density at radius 2 is 1.61 bits per heavy atom. The first-order chi connectivity index (χ1) is 10.7. The van der Waals surface area contributed by atoms with Crippen molar-refractivity contribution in [1.29, 1.82) is 0 Å². The van der Waals surface area contributed by atoms with Gasteiger partial charge in [-0.2, -0.15) is 0 Å². The fourth-order valence-electron chi connectivity index (χ4n) is 7.77. The second-order valence-electron chi connectivity index (χ2n) is 10.1. The molecule has 8 atom stereocenters.